The summed E-state index contributed by atoms with van der Waals surface area (Å²) in [5, 5.41) is 5.90. The highest BCUT2D eigenvalue weighted by atomic mass is 32.2. The molecule has 5 heteroatoms. The first-order chi connectivity index (χ1) is 9.74. The van der Waals surface area contributed by atoms with Crippen LogP contribution in [0.1, 0.15) is 36.0 Å². The summed E-state index contributed by atoms with van der Waals surface area (Å²) in [6.07, 6.45) is 10.2. The van der Waals surface area contributed by atoms with Gasteiger partial charge in [-0.3, -0.25) is 0 Å². The third kappa shape index (κ3) is 2.67. The van der Waals surface area contributed by atoms with E-state index >= 15 is 0 Å². The Morgan fingerprint density at radius 1 is 1.55 bits per heavy atom. The van der Waals surface area contributed by atoms with Crippen molar-refractivity contribution >= 4 is 23.1 Å². The first-order valence-corrected chi connectivity index (χ1v) is 9.14. The van der Waals surface area contributed by atoms with Gasteiger partial charge in [0.15, 0.2) is 0 Å². The Balaban J connectivity index is 1.78. The summed E-state index contributed by atoms with van der Waals surface area (Å²) >= 11 is 3.81. The first kappa shape index (κ1) is 14.2. The van der Waals surface area contributed by atoms with Crippen molar-refractivity contribution in [1.82, 2.24) is 14.9 Å². The number of hydrogen-bond acceptors (Lipinski definition) is 4. The number of nitrogens with one attached hydrogen (secondary N) is 1. The smallest absolute Gasteiger partial charge is 0.131 e. The van der Waals surface area contributed by atoms with Crippen molar-refractivity contribution in [2.45, 2.75) is 30.1 Å². The molecule has 1 aliphatic carbocycles. The highest BCUT2D eigenvalue weighted by Gasteiger charge is 2.36. The molecule has 1 unspecified atom stereocenters. The van der Waals surface area contributed by atoms with E-state index in [1.54, 1.807) is 11.3 Å². The van der Waals surface area contributed by atoms with Gasteiger partial charge in [-0.25, -0.2) is 4.98 Å². The van der Waals surface area contributed by atoms with E-state index < -0.39 is 0 Å². The zero-order chi connectivity index (χ0) is 14.0. The van der Waals surface area contributed by atoms with E-state index in [0.717, 1.165) is 12.4 Å². The van der Waals surface area contributed by atoms with Crippen molar-refractivity contribution in [2.75, 3.05) is 12.8 Å². The van der Waals surface area contributed by atoms with Crippen molar-refractivity contribution in [1.29, 1.82) is 0 Å². The average molecular weight is 307 g/mol. The van der Waals surface area contributed by atoms with Crippen LogP contribution in [0.4, 0.5) is 0 Å². The zero-order valence-corrected chi connectivity index (χ0v) is 13.6. The predicted octanol–water partition coefficient (Wildman–Crippen LogP) is 3.45. The minimum Gasteiger partial charge on any atom is -0.336 e. The summed E-state index contributed by atoms with van der Waals surface area (Å²) in [6, 6.07) is 4.52. The number of thiophene rings is 1. The van der Waals surface area contributed by atoms with Crippen LogP contribution in [-0.4, -0.2) is 27.1 Å². The number of imidazole rings is 1. The number of rotatable bonds is 6. The molecule has 0 radical (unpaired) electrons. The molecule has 0 aromatic carbocycles. The van der Waals surface area contributed by atoms with E-state index in [1.807, 2.05) is 24.2 Å². The minimum atomic E-state index is 0.208. The minimum absolute atomic E-state index is 0.208. The summed E-state index contributed by atoms with van der Waals surface area (Å²) in [7, 11) is 2.07. The highest BCUT2D eigenvalue weighted by molar-refractivity contribution is 8.00. The zero-order valence-electron chi connectivity index (χ0n) is 12.0. The van der Waals surface area contributed by atoms with Gasteiger partial charge in [-0.2, -0.15) is 11.8 Å². The topological polar surface area (TPSA) is 29.9 Å². The van der Waals surface area contributed by atoms with Crippen LogP contribution >= 0.6 is 23.1 Å². The highest BCUT2D eigenvalue weighted by Crippen LogP contribution is 2.42. The molecule has 2 heterocycles. The lowest BCUT2D eigenvalue weighted by Gasteiger charge is -2.41. The second-order valence-electron chi connectivity index (χ2n) is 5.47. The normalized spacial score (nSPS) is 18.7. The Labute approximate surface area is 128 Å². The summed E-state index contributed by atoms with van der Waals surface area (Å²) in [4.78, 5) is 5.89. The van der Waals surface area contributed by atoms with Crippen molar-refractivity contribution in [3.05, 3.63) is 40.6 Å². The molecule has 2 aromatic heterocycles. The Morgan fingerprint density at radius 2 is 2.40 bits per heavy atom. The molecule has 1 aliphatic rings. The Bertz CT molecular complexity index is 538. The third-order valence-electron chi connectivity index (χ3n) is 4.27. The average Bonchev–Trinajstić information content (AvgIpc) is 3.05. The number of thioether (sulfide) groups is 1. The molecule has 3 rings (SSSR count). The molecular formula is C15H21N3S2. The van der Waals surface area contributed by atoms with E-state index in [2.05, 4.69) is 45.7 Å². The van der Waals surface area contributed by atoms with E-state index in [1.165, 1.54) is 24.1 Å². The molecule has 1 atom stereocenters. The van der Waals surface area contributed by atoms with Gasteiger partial charge >= 0.3 is 0 Å². The van der Waals surface area contributed by atoms with Gasteiger partial charge in [0.25, 0.3) is 0 Å². The molecule has 0 saturated heterocycles. The summed E-state index contributed by atoms with van der Waals surface area (Å²) < 4.78 is 2.56. The van der Waals surface area contributed by atoms with Crippen LogP contribution in [0.5, 0.6) is 0 Å². The quantitative estimate of drug-likeness (QED) is 0.886. The van der Waals surface area contributed by atoms with Crippen LogP contribution in [0.3, 0.4) is 0 Å². The fraction of sp³-hybridized carbons (Fsp3) is 0.533. The molecule has 2 aromatic rings. The lowest BCUT2D eigenvalue weighted by atomic mass is 9.84. The van der Waals surface area contributed by atoms with E-state index in [0.29, 0.717) is 4.75 Å². The maximum atomic E-state index is 4.54. The molecule has 20 heavy (non-hydrogen) atoms. The molecule has 0 aliphatic heterocycles. The molecule has 1 saturated carbocycles. The number of aromatic nitrogens is 2. The van der Waals surface area contributed by atoms with E-state index in [-0.39, 0.29) is 6.04 Å². The molecule has 1 N–H and O–H groups in total. The van der Waals surface area contributed by atoms with Crippen LogP contribution < -0.4 is 5.32 Å². The molecule has 0 bridgehead atoms. The van der Waals surface area contributed by atoms with Crippen molar-refractivity contribution in [3.8, 4) is 0 Å². The lowest BCUT2D eigenvalue weighted by molar-refractivity contribution is 0.335. The molecule has 0 spiro atoms. The standard InChI is InChI=1S/C15H21N3S2/c1-18-9-8-16-14(18)13(12-5-3-10-20-12)17-11-15(19-2)6-4-7-15/h3,5,8-10,13,17H,4,6-7,11H2,1-2H3. The maximum absolute atomic E-state index is 4.54. The fourth-order valence-corrected chi connectivity index (χ4v) is 4.46. The van der Waals surface area contributed by atoms with E-state index in [9.17, 15) is 0 Å². The van der Waals surface area contributed by atoms with Gasteiger partial charge in [0.2, 0.25) is 0 Å². The summed E-state index contributed by atoms with van der Waals surface area (Å²) in [6.45, 7) is 1.06. The Morgan fingerprint density at radius 3 is 2.90 bits per heavy atom. The second-order valence-corrected chi connectivity index (χ2v) is 7.72. The maximum Gasteiger partial charge on any atom is 0.131 e. The molecule has 3 nitrogen and oxygen atoms in total. The van der Waals surface area contributed by atoms with Crippen LogP contribution in [0.15, 0.2) is 29.9 Å². The SMILES string of the molecule is CSC1(CNC(c2cccs2)c2nccn2C)CCC1. The van der Waals surface area contributed by atoms with E-state index in [4.69, 9.17) is 0 Å². The molecule has 0 amide bonds. The van der Waals surface area contributed by atoms with Gasteiger partial charge in [-0.05, 0) is 30.5 Å². The van der Waals surface area contributed by atoms with Crippen molar-refractivity contribution in [3.63, 3.8) is 0 Å². The van der Waals surface area contributed by atoms with Gasteiger partial charge in [0.05, 0.1) is 0 Å². The number of aryl methyl sites for hydroxylation is 1. The van der Waals surface area contributed by atoms with Gasteiger partial charge in [-0.15, -0.1) is 11.3 Å². The number of hydrogen-bond donors (Lipinski definition) is 1. The van der Waals surface area contributed by atoms with Crippen molar-refractivity contribution in [2.24, 2.45) is 7.05 Å². The van der Waals surface area contributed by atoms with Crippen LogP contribution in [-0.2, 0) is 7.05 Å². The summed E-state index contributed by atoms with van der Waals surface area (Å²) in [5.41, 5.74) is 0. The predicted molar refractivity (Wildman–Crippen MR) is 87.5 cm³/mol. The monoisotopic (exact) mass is 307 g/mol. The van der Waals surface area contributed by atoms with Gasteiger partial charge < -0.3 is 9.88 Å². The van der Waals surface area contributed by atoms with Crippen LogP contribution in [0.25, 0.3) is 0 Å². The first-order valence-electron chi connectivity index (χ1n) is 7.03. The van der Waals surface area contributed by atoms with Gasteiger partial charge in [0, 0.05) is 35.6 Å². The number of nitrogens with zero attached hydrogens (tertiary/aromatic N) is 2. The Kier molecular flexibility index (Phi) is 4.19. The third-order valence-corrected chi connectivity index (χ3v) is 6.63. The Hall–Kier alpha value is -0.780. The summed E-state index contributed by atoms with van der Waals surface area (Å²) in [5.74, 6) is 1.10. The molecular weight excluding hydrogens is 286 g/mol. The van der Waals surface area contributed by atoms with Gasteiger partial charge in [-0.1, -0.05) is 12.5 Å². The van der Waals surface area contributed by atoms with Crippen LogP contribution in [0.2, 0.25) is 0 Å². The largest absolute Gasteiger partial charge is 0.336 e. The lowest BCUT2D eigenvalue weighted by Crippen LogP contribution is -2.44. The van der Waals surface area contributed by atoms with Crippen molar-refractivity contribution < 1.29 is 0 Å². The molecule has 108 valence electrons. The second kappa shape index (κ2) is 5.92. The fourth-order valence-electron chi connectivity index (χ4n) is 2.74. The molecule has 1 fully saturated rings. The van der Waals surface area contributed by atoms with Crippen LogP contribution in [0, 0.1) is 0 Å². The van der Waals surface area contributed by atoms with Gasteiger partial charge in [0.1, 0.15) is 11.9 Å².